The van der Waals surface area contributed by atoms with E-state index in [4.69, 9.17) is 0 Å². The van der Waals surface area contributed by atoms with Crippen LogP contribution in [0.2, 0.25) is 0 Å². The summed E-state index contributed by atoms with van der Waals surface area (Å²) in [5.41, 5.74) is 2.19. The van der Waals surface area contributed by atoms with Crippen LogP contribution in [0.3, 0.4) is 0 Å². The predicted molar refractivity (Wildman–Crippen MR) is 109 cm³/mol. The van der Waals surface area contributed by atoms with Crippen LogP contribution in [0.15, 0.2) is 72.1 Å². The zero-order valence-electron chi connectivity index (χ0n) is 15.4. The lowest BCUT2D eigenvalue weighted by Gasteiger charge is -2.24. The van der Waals surface area contributed by atoms with Crippen LogP contribution >= 0.6 is 11.3 Å². The molecule has 2 N–H and O–H groups in total. The fourth-order valence-electron chi connectivity index (χ4n) is 3.13. The van der Waals surface area contributed by atoms with Gasteiger partial charge in [0.25, 0.3) is 5.91 Å². The molecular formula is C22H23N2O2S+. The summed E-state index contributed by atoms with van der Waals surface area (Å²) in [6.45, 7) is 2.28. The highest BCUT2D eigenvalue weighted by Gasteiger charge is 2.29. The van der Waals surface area contributed by atoms with E-state index in [-0.39, 0.29) is 17.7 Å². The molecule has 0 fully saturated rings. The summed E-state index contributed by atoms with van der Waals surface area (Å²) < 4.78 is 0. The van der Waals surface area contributed by atoms with Gasteiger partial charge in [0, 0.05) is 16.8 Å². The Morgan fingerprint density at radius 2 is 1.81 bits per heavy atom. The van der Waals surface area contributed by atoms with Crippen molar-refractivity contribution in [2.24, 2.45) is 0 Å². The van der Waals surface area contributed by atoms with Gasteiger partial charge < -0.3 is 10.2 Å². The molecule has 0 aliphatic heterocycles. The Labute approximate surface area is 163 Å². The lowest BCUT2D eigenvalue weighted by Crippen LogP contribution is -3.09. The Morgan fingerprint density at radius 3 is 2.48 bits per heavy atom. The number of quaternary nitrogens is 1. The minimum Gasteiger partial charge on any atom is -0.321 e. The number of carbonyl (C=O) groups is 2. The number of ketones is 1. The van der Waals surface area contributed by atoms with Crippen LogP contribution in [0.1, 0.15) is 33.8 Å². The minimum atomic E-state index is -0.353. The summed E-state index contributed by atoms with van der Waals surface area (Å²) in [6, 6.07) is 20.6. The predicted octanol–water partition coefficient (Wildman–Crippen LogP) is 3.35. The molecule has 1 heterocycles. The molecule has 5 heteroatoms. The molecule has 2 aromatic carbocycles. The first kappa shape index (κ1) is 19.0. The maximum absolute atomic E-state index is 13.2. The largest absolute Gasteiger partial charge is 0.321 e. The number of hydrogen-bond acceptors (Lipinski definition) is 3. The minimum absolute atomic E-state index is 0.0221. The molecule has 4 nitrogen and oxygen atoms in total. The van der Waals surface area contributed by atoms with Crippen molar-refractivity contribution in [1.82, 2.24) is 0 Å². The van der Waals surface area contributed by atoms with E-state index in [1.54, 1.807) is 35.6 Å². The van der Waals surface area contributed by atoms with Crippen LogP contribution in [0.4, 0.5) is 5.69 Å². The van der Waals surface area contributed by atoms with Gasteiger partial charge in [0.1, 0.15) is 6.54 Å². The second-order valence-electron chi connectivity index (χ2n) is 6.57. The number of nitrogens with one attached hydrogen (secondary N) is 2. The molecule has 0 bridgehead atoms. The van der Waals surface area contributed by atoms with E-state index in [1.165, 1.54) is 11.8 Å². The third-order valence-corrected chi connectivity index (χ3v) is 5.33. The number of likely N-dealkylation sites (N-methyl/N-ethyl adjacent to an activating group) is 1. The molecule has 0 radical (unpaired) electrons. The lowest BCUT2D eigenvalue weighted by atomic mass is 10.0. The number of thiophene rings is 1. The summed E-state index contributed by atoms with van der Waals surface area (Å²) >= 11 is 1.69. The maximum Gasteiger partial charge on any atom is 0.287 e. The van der Waals surface area contributed by atoms with Gasteiger partial charge in [-0.3, -0.25) is 9.59 Å². The summed E-state index contributed by atoms with van der Waals surface area (Å²) in [7, 11) is 2.03. The number of Topliss-reactive ketones (excluding diaryl/α,β-unsaturated/α-hetero) is 1. The van der Waals surface area contributed by atoms with E-state index in [0.29, 0.717) is 11.3 Å². The quantitative estimate of drug-likeness (QED) is 0.619. The molecule has 27 heavy (non-hydrogen) atoms. The molecule has 1 aromatic heterocycles. The van der Waals surface area contributed by atoms with E-state index < -0.39 is 0 Å². The van der Waals surface area contributed by atoms with Crippen molar-refractivity contribution < 1.29 is 14.5 Å². The first-order valence-electron chi connectivity index (χ1n) is 8.86. The topological polar surface area (TPSA) is 50.6 Å². The molecule has 0 aliphatic carbocycles. The highest BCUT2D eigenvalue weighted by molar-refractivity contribution is 7.09. The van der Waals surface area contributed by atoms with Crippen molar-refractivity contribution in [2.75, 3.05) is 12.4 Å². The molecule has 1 unspecified atom stereocenters. The van der Waals surface area contributed by atoms with Crippen LogP contribution in [0.25, 0.3) is 0 Å². The van der Waals surface area contributed by atoms with Crippen molar-refractivity contribution in [1.29, 1.82) is 0 Å². The second kappa shape index (κ2) is 8.75. The van der Waals surface area contributed by atoms with E-state index >= 15 is 0 Å². The third kappa shape index (κ3) is 4.90. The molecule has 3 rings (SSSR count). The van der Waals surface area contributed by atoms with Crippen molar-refractivity contribution in [3.63, 3.8) is 0 Å². The summed E-state index contributed by atoms with van der Waals surface area (Å²) in [4.78, 5) is 27.1. The average molecular weight is 380 g/mol. The summed E-state index contributed by atoms with van der Waals surface area (Å²) in [5, 5.41) is 5.04. The van der Waals surface area contributed by atoms with Gasteiger partial charge in [-0.2, -0.15) is 0 Å². The monoisotopic (exact) mass is 379 g/mol. The second-order valence-corrected chi connectivity index (χ2v) is 7.60. The SMILES string of the molecule is CC(=O)c1cccc(NC(=O)[C@H](c2ccccc2)[NH+](C)Cc2cccs2)c1. The van der Waals surface area contributed by atoms with Crippen molar-refractivity contribution in [2.45, 2.75) is 19.5 Å². The number of hydrogen-bond donors (Lipinski definition) is 2. The van der Waals surface area contributed by atoms with Gasteiger partial charge in [-0.25, -0.2) is 0 Å². The van der Waals surface area contributed by atoms with Crippen LogP contribution in [-0.2, 0) is 11.3 Å². The maximum atomic E-state index is 13.2. The highest BCUT2D eigenvalue weighted by Crippen LogP contribution is 2.16. The van der Waals surface area contributed by atoms with E-state index in [9.17, 15) is 9.59 Å². The average Bonchev–Trinajstić information content (AvgIpc) is 3.16. The Hall–Kier alpha value is -2.76. The molecule has 0 saturated carbocycles. The van der Waals surface area contributed by atoms with Crippen molar-refractivity contribution >= 4 is 28.7 Å². The molecule has 1 amide bonds. The highest BCUT2D eigenvalue weighted by atomic mass is 32.1. The Balaban J connectivity index is 1.84. The Kier molecular flexibility index (Phi) is 6.16. The number of benzene rings is 2. The van der Waals surface area contributed by atoms with Crippen LogP contribution in [-0.4, -0.2) is 18.7 Å². The lowest BCUT2D eigenvalue weighted by molar-refractivity contribution is -0.915. The summed E-state index contributed by atoms with van der Waals surface area (Å²) in [5.74, 6) is -0.109. The first-order chi connectivity index (χ1) is 13.0. The van der Waals surface area contributed by atoms with Crippen LogP contribution in [0, 0.1) is 0 Å². The van der Waals surface area contributed by atoms with E-state index in [1.807, 2.05) is 48.8 Å². The van der Waals surface area contributed by atoms with Crippen LogP contribution in [0.5, 0.6) is 0 Å². The van der Waals surface area contributed by atoms with Crippen molar-refractivity contribution in [3.8, 4) is 0 Å². The first-order valence-corrected chi connectivity index (χ1v) is 9.74. The number of amides is 1. The molecule has 2 atom stereocenters. The number of carbonyl (C=O) groups excluding carboxylic acids is 2. The zero-order valence-corrected chi connectivity index (χ0v) is 16.3. The number of rotatable bonds is 7. The number of anilines is 1. The standard InChI is InChI=1S/C22H22N2O2S/c1-16(25)18-10-6-11-19(14-18)23-22(26)21(17-8-4-3-5-9-17)24(2)15-20-12-7-13-27-20/h3-14,21H,15H2,1-2H3,(H,23,26)/p+1/t21-/m0/s1. The third-order valence-electron chi connectivity index (χ3n) is 4.46. The van der Waals surface area contributed by atoms with Gasteiger partial charge in [-0.1, -0.05) is 48.5 Å². The summed E-state index contributed by atoms with van der Waals surface area (Å²) in [6.07, 6.45) is 0. The molecule has 0 saturated heterocycles. The molecule has 138 valence electrons. The van der Waals surface area contributed by atoms with Gasteiger partial charge in [0.2, 0.25) is 0 Å². The molecule has 0 aliphatic rings. The molecule has 3 aromatic rings. The Morgan fingerprint density at radius 1 is 1.04 bits per heavy atom. The fourth-order valence-corrected chi connectivity index (χ4v) is 3.93. The van der Waals surface area contributed by atoms with Crippen molar-refractivity contribution in [3.05, 3.63) is 88.1 Å². The molecule has 0 spiro atoms. The van der Waals surface area contributed by atoms with E-state index in [2.05, 4.69) is 11.4 Å². The van der Waals surface area contributed by atoms with Gasteiger partial charge in [-0.15, -0.1) is 11.3 Å². The van der Waals surface area contributed by atoms with Gasteiger partial charge in [0.05, 0.1) is 11.9 Å². The fraction of sp³-hybridized carbons (Fsp3) is 0.182. The molecular weight excluding hydrogens is 356 g/mol. The zero-order chi connectivity index (χ0) is 19.2. The van der Waals surface area contributed by atoms with Gasteiger partial charge >= 0.3 is 0 Å². The smallest absolute Gasteiger partial charge is 0.287 e. The Bertz CT molecular complexity index is 907. The van der Waals surface area contributed by atoms with Gasteiger partial charge in [0.15, 0.2) is 11.8 Å². The normalized spacial score (nSPS) is 13.0. The van der Waals surface area contributed by atoms with Gasteiger partial charge in [-0.05, 0) is 30.5 Å². The van der Waals surface area contributed by atoms with E-state index in [0.717, 1.165) is 17.0 Å². The van der Waals surface area contributed by atoms with Crippen LogP contribution < -0.4 is 10.2 Å².